The average Bonchev–Trinajstić information content (AvgIpc) is 3.23. The summed E-state index contributed by atoms with van der Waals surface area (Å²) >= 11 is 1.54. The van der Waals surface area contributed by atoms with Gasteiger partial charge in [0, 0.05) is 30.2 Å². The second kappa shape index (κ2) is 10.7. The highest BCUT2D eigenvalue weighted by atomic mass is 32.1. The number of nitrogens with one attached hydrogen (secondary N) is 1. The lowest BCUT2D eigenvalue weighted by Crippen LogP contribution is -2.42. The van der Waals surface area contributed by atoms with Crippen LogP contribution in [-0.4, -0.2) is 59.5 Å². The largest absolute Gasteiger partial charge is 0.467 e. The van der Waals surface area contributed by atoms with Crippen molar-refractivity contribution < 1.29 is 19.0 Å². The first-order chi connectivity index (χ1) is 16.7. The van der Waals surface area contributed by atoms with Crippen molar-refractivity contribution in [2.75, 3.05) is 32.2 Å². The number of anilines is 1. The standard InChI is InChI=1S/C26H32N4O4S/c1-17-16-33-13-12-30(17)15-18-6-8-19(9-7-18)22-14-21(29-25(31)34-26(2,3)4)23(35-22)20-10-11-27-24(28-20)32-5/h6-11,14,17H,12-13,15-16H2,1-5H3,(H,29,31)/t17-/m0/s1. The number of nitrogens with zero attached hydrogens (tertiary/aromatic N) is 3. The molecule has 1 aliphatic rings. The average molecular weight is 497 g/mol. The second-order valence-electron chi connectivity index (χ2n) is 9.50. The van der Waals surface area contributed by atoms with Gasteiger partial charge in [0.2, 0.25) is 0 Å². The number of hydrogen-bond donors (Lipinski definition) is 1. The van der Waals surface area contributed by atoms with Crippen LogP contribution < -0.4 is 10.1 Å². The molecule has 35 heavy (non-hydrogen) atoms. The lowest BCUT2D eigenvalue weighted by molar-refractivity contribution is -0.00436. The van der Waals surface area contributed by atoms with E-state index in [2.05, 4.69) is 51.4 Å². The molecule has 1 aromatic carbocycles. The highest BCUT2D eigenvalue weighted by molar-refractivity contribution is 7.19. The van der Waals surface area contributed by atoms with Crippen molar-refractivity contribution in [3.05, 3.63) is 48.2 Å². The molecule has 186 valence electrons. The van der Waals surface area contributed by atoms with Crippen molar-refractivity contribution >= 4 is 23.1 Å². The summed E-state index contributed by atoms with van der Waals surface area (Å²) in [6.07, 6.45) is 1.12. The molecule has 4 rings (SSSR count). The Morgan fingerprint density at radius 1 is 1.26 bits per heavy atom. The van der Waals surface area contributed by atoms with Crippen molar-refractivity contribution in [1.82, 2.24) is 14.9 Å². The molecule has 3 aromatic rings. The molecular weight excluding hydrogens is 464 g/mol. The van der Waals surface area contributed by atoms with E-state index in [1.165, 1.54) is 12.7 Å². The molecule has 1 fully saturated rings. The van der Waals surface area contributed by atoms with E-state index in [0.29, 0.717) is 17.4 Å². The van der Waals surface area contributed by atoms with Gasteiger partial charge < -0.3 is 14.2 Å². The Hall–Kier alpha value is -3.01. The van der Waals surface area contributed by atoms with Gasteiger partial charge in [-0.2, -0.15) is 4.98 Å². The summed E-state index contributed by atoms with van der Waals surface area (Å²) in [5.41, 5.74) is 3.01. The van der Waals surface area contributed by atoms with Gasteiger partial charge in [-0.05, 0) is 51.0 Å². The Labute approximate surface area is 210 Å². The molecule has 0 spiro atoms. The number of ether oxygens (including phenoxy) is 3. The smallest absolute Gasteiger partial charge is 0.412 e. The fraction of sp³-hybridized carbons (Fsp3) is 0.423. The molecule has 1 saturated heterocycles. The summed E-state index contributed by atoms with van der Waals surface area (Å²) in [6.45, 7) is 11.1. The van der Waals surface area contributed by atoms with E-state index < -0.39 is 11.7 Å². The molecule has 0 saturated carbocycles. The summed E-state index contributed by atoms with van der Waals surface area (Å²) in [7, 11) is 1.53. The van der Waals surface area contributed by atoms with E-state index in [4.69, 9.17) is 14.2 Å². The number of amides is 1. The van der Waals surface area contributed by atoms with Crippen molar-refractivity contribution in [3.8, 4) is 27.0 Å². The first-order valence-electron chi connectivity index (χ1n) is 11.6. The van der Waals surface area contributed by atoms with Crippen LogP contribution in [0.15, 0.2) is 42.6 Å². The minimum absolute atomic E-state index is 0.266. The maximum Gasteiger partial charge on any atom is 0.412 e. The minimum Gasteiger partial charge on any atom is -0.467 e. The van der Waals surface area contributed by atoms with E-state index in [1.807, 2.05) is 26.8 Å². The van der Waals surface area contributed by atoms with E-state index in [9.17, 15) is 4.79 Å². The maximum atomic E-state index is 12.5. The molecule has 0 bridgehead atoms. The fourth-order valence-corrected chi connectivity index (χ4v) is 4.89. The number of benzene rings is 1. The molecule has 0 unspecified atom stereocenters. The van der Waals surface area contributed by atoms with Gasteiger partial charge in [-0.15, -0.1) is 11.3 Å². The van der Waals surface area contributed by atoms with Crippen LogP contribution in [0.5, 0.6) is 6.01 Å². The first-order valence-corrected chi connectivity index (χ1v) is 12.5. The maximum absolute atomic E-state index is 12.5. The molecule has 1 atom stereocenters. The molecule has 1 N–H and O–H groups in total. The minimum atomic E-state index is -0.602. The normalized spacial score (nSPS) is 16.7. The van der Waals surface area contributed by atoms with E-state index >= 15 is 0 Å². The van der Waals surface area contributed by atoms with Crippen LogP contribution in [0, 0.1) is 0 Å². The van der Waals surface area contributed by atoms with Gasteiger partial charge in [0.25, 0.3) is 0 Å². The predicted molar refractivity (Wildman–Crippen MR) is 138 cm³/mol. The van der Waals surface area contributed by atoms with Crippen LogP contribution in [-0.2, 0) is 16.0 Å². The van der Waals surface area contributed by atoms with Crippen molar-refractivity contribution in [3.63, 3.8) is 0 Å². The first kappa shape index (κ1) is 25.1. The third-order valence-electron chi connectivity index (χ3n) is 5.55. The van der Waals surface area contributed by atoms with Crippen LogP contribution in [0.1, 0.15) is 33.3 Å². The Morgan fingerprint density at radius 3 is 2.71 bits per heavy atom. The van der Waals surface area contributed by atoms with Gasteiger partial charge in [0.1, 0.15) is 5.60 Å². The van der Waals surface area contributed by atoms with Crippen molar-refractivity contribution in [2.24, 2.45) is 0 Å². The van der Waals surface area contributed by atoms with Crippen molar-refractivity contribution in [1.29, 1.82) is 0 Å². The summed E-state index contributed by atoms with van der Waals surface area (Å²) in [4.78, 5) is 25.4. The van der Waals surface area contributed by atoms with Crippen LogP contribution in [0.2, 0.25) is 0 Å². The van der Waals surface area contributed by atoms with Crippen molar-refractivity contribution in [2.45, 2.75) is 45.9 Å². The summed E-state index contributed by atoms with van der Waals surface area (Å²) in [5, 5.41) is 2.89. The van der Waals surface area contributed by atoms with Crippen LogP contribution >= 0.6 is 11.3 Å². The quantitative estimate of drug-likeness (QED) is 0.486. The number of rotatable bonds is 6. The van der Waals surface area contributed by atoms with E-state index in [0.717, 1.165) is 41.6 Å². The zero-order valence-electron chi connectivity index (χ0n) is 20.8. The predicted octanol–water partition coefficient (Wildman–Crippen LogP) is 5.45. The van der Waals surface area contributed by atoms with Gasteiger partial charge in [0.15, 0.2) is 0 Å². The molecule has 3 heterocycles. The number of methoxy groups -OCH3 is 1. The highest BCUT2D eigenvalue weighted by Gasteiger charge is 2.21. The van der Waals surface area contributed by atoms with Gasteiger partial charge in [-0.3, -0.25) is 10.2 Å². The van der Waals surface area contributed by atoms with Gasteiger partial charge in [-0.25, -0.2) is 9.78 Å². The summed E-state index contributed by atoms with van der Waals surface area (Å²) in [5.74, 6) is 0. The topological polar surface area (TPSA) is 85.8 Å². The van der Waals surface area contributed by atoms with Gasteiger partial charge in [-0.1, -0.05) is 24.3 Å². The lowest BCUT2D eigenvalue weighted by Gasteiger charge is -2.33. The lowest BCUT2D eigenvalue weighted by atomic mass is 10.1. The van der Waals surface area contributed by atoms with Crippen LogP contribution in [0.3, 0.4) is 0 Å². The van der Waals surface area contributed by atoms with Gasteiger partial charge >= 0.3 is 12.1 Å². The van der Waals surface area contributed by atoms with E-state index in [-0.39, 0.29) is 6.01 Å². The van der Waals surface area contributed by atoms with Crippen LogP contribution in [0.4, 0.5) is 10.5 Å². The Bertz CT molecular complexity index is 1160. The molecular formula is C26H32N4O4S. The number of carbonyl (C=O) groups is 1. The zero-order chi connectivity index (χ0) is 25.0. The number of aromatic nitrogens is 2. The third kappa shape index (κ3) is 6.56. The number of thiophene rings is 1. The Morgan fingerprint density at radius 2 is 2.03 bits per heavy atom. The second-order valence-corrected chi connectivity index (χ2v) is 10.6. The molecule has 1 aliphatic heterocycles. The third-order valence-corrected chi connectivity index (χ3v) is 6.75. The molecule has 1 amide bonds. The number of carbonyl (C=O) groups excluding carboxylic acids is 1. The molecule has 8 nitrogen and oxygen atoms in total. The van der Waals surface area contributed by atoms with Crippen LogP contribution in [0.25, 0.3) is 21.0 Å². The van der Waals surface area contributed by atoms with Gasteiger partial charge in [0.05, 0.1) is 36.6 Å². The summed E-state index contributed by atoms with van der Waals surface area (Å²) in [6, 6.07) is 13.0. The highest BCUT2D eigenvalue weighted by Crippen LogP contribution is 2.41. The molecule has 0 aliphatic carbocycles. The Balaban J connectivity index is 1.60. The van der Waals surface area contributed by atoms with E-state index in [1.54, 1.807) is 23.6 Å². The molecule has 2 aromatic heterocycles. The number of morpholine rings is 1. The Kier molecular flexibility index (Phi) is 7.69. The number of hydrogen-bond acceptors (Lipinski definition) is 8. The zero-order valence-corrected chi connectivity index (χ0v) is 21.6. The molecule has 0 radical (unpaired) electrons. The monoisotopic (exact) mass is 496 g/mol. The molecule has 9 heteroatoms. The fourth-order valence-electron chi connectivity index (χ4n) is 3.80. The SMILES string of the molecule is COc1nccc(-c2sc(-c3ccc(CN4CCOC[C@@H]4C)cc3)cc2NC(=O)OC(C)(C)C)n1. The summed E-state index contributed by atoms with van der Waals surface area (Å²) < 4.78 is 16.2.